The molecular formula is C11H20N4O2S. The number of nitrogens with zero attached hydrogens (tertiary/aromatic N) is 3. The number of rotatable bonds is 6. The summed E-state index contributed by atoms with van der Waals surface area (Å²) < 4.78 is 25.8. The van der Waals surface area contributed by atoms with Gasteiger partial charge in [0.2, 0.25) is 16.0 Å². The van der Waals surface area contributed by atoms with Crippen LogP contribution in [-0.4, -0.2) is 43.3 Å². The molecule has 0 saturated heterocycles. The average Bonchev–Trinajstić information content (AvgIpc) is 2.38. The largest absolute Gasteiger partial charge is 0.357 e. The van der Waals surface area contributed by atoms with Crippen LogP contribution in [-0.2, 0) is 10.0 Å². The Morgan fingerprint density at radius 2 is 1.94 bits per heavy atom. The molecule has 18 heavy (non-hydrogen) atoms. The van der Waals surface area contributed by atoms with E-state index in [1.165, 1.54) is 16.7 Å². The number of hydrogen-bond acceptors (Lipinski definition) is 5. The summed E-state index contributed by atoms with van der Waals surface area (Å²) in [7, 11) is -0.233. The van der Waals surface area contributed by atoms with Crippen molar-refractivity contribution in [3.05, 3.63) is 12.4 Å². The van der Waals surface area contributed by atoms with Crippen LogP contribution in [0.2, 0.25) is 0 Å². The summed E-state index contributed by atoms with van der Waals surface area (Å²) in [5, 5.41) is 2.75. The summed E-state index contributed by atoms with van der Waals surface area (Å²) in [5.41, 5.74) is 0. The van der Waals surface area contributed by atoms with E-state index < -0.39 is 10.0 Å². The molecule has 1 rings (SSSR count). The van der Waals surface area contributed by atoms with Gasteiger partial charge >= 0.3 is 0 Å². The summed E-state index contributed by atoms with van der Waals surface area (Å²) >= 11 is 0. The number of sulfonamides is 1. The van der Waals surface area contributed by atoms with Gasteiger partial charge in [-0.3, -0.25) is 0 Å². The predicted molar refractivity (Wildman–Crippen MR) is 70.8 cm³/mol. The topological polar surface area (TPSA) is 75.2 Å². The Morgan fingerprint density at radius 1 is 1.39 bits per heavy atom. The number of anilines is 1. The van der Waals surface area contributed by atoms with E-state index in [0.29, 0.717) is 18.4 Å². The number of nitrogens with one attached hydrogen (secondary N) is 1. The number of hydrogen-bond donors (Lipinski definition) is 1. The van der Waals surface area contributed by atoms with Crippen LogP contribution >= 0.6 is 0 Å². The second kappa shape index (κ2) is 6.10. The Labute approximate surface area is 108 Å². The van der Waals surface area contributed by atoms with Crippen LogP contribution in [0.25, 0.3) is 0 Å². The Hall–Kier alpha value is -1.21. The Kier molecular flexibility index (Phi) is 5.03. The monoisotopic (exact) mass is 272 g/mol. The highest BCUT2D eigenvalue weighted by molar-refractivity contribution is 7.89. The van der Waals surface area contributed by atoms with Gasteiger partial charge in [0.05, 0.1) is 12.4 Å². The maximum Gasteiger partial charge on any atom is 0.245 e. The fraction of sp³-hybridized carbons (Fsp3) is 0.636. The third-order valence-electron chi connectivity index (χ3n) is 2.83. The molecule has 0 aliphatic rings. The van der Waals surface area contributed by atoms with Crippen molar-refractivity contribution in [2.45, 2.75) is 25.2 Å². The van der Waals surface area contributed by atoms with Gasteiger partial charge in [-0.25, -0.2) is 22.7 Å². The normalized spacial score (nSPS) is 13.6. The highest BCUT2D eigenvalue weighted by Gasteiger charge is 2.22. The van der Waals surface area contributed by atoms with Gasteiger partial charge in [0.25, 0.3) is 0 Å². The minimum absolute atomic E-state index is 0.118. The van der Waals surface area contributed by atoms with E-state index in [9.17, 15) is 8.42 Å². The van der Waals surface area contributed by atoms with Crippen molar-refractivity contribution in [2.75, 3.05) is 26.0 Å². The van der Waals surface area contributed by atoms with Crippen molar-refractivity contribution in [1.82, 2.24) is 14.3 Å². The van der Waals surface area contributed by atoms with Crippen LogP contribution in [0.15, 0.2) is 17.3 Å². The molecule has 0 fully saturated rings. The zero-order valence-electron chi connectivity index (χ0n) is 11.2. The first kappa shape index (κ1) is 14.8. The van der Waals surface area contributed by atoms with E-state index in [-0.39, 0.29) is 4.90 Å². The number of aromatic nitrogens is 2. The van der Waals surface area contributed by atoms with Crippen molar-refractivity contribution < 1.29 is 8.42 Å². The van der Waals surface area contributed by atoms with Crippen molar-refractivity contribution in [3.8, 4) is 0 Å². The molecule has 1 heterocycles. The average molecular weight is 272 g/mol. The molecule has 102 valence electrons. The molecule has 1 aromatic rings. The lowest BCUT2D eigenvalue weighted by molar-refractivity contribution is 0.393. The zero-order valence-corrected chi connectivity index (χ0v) is 12.0. The predicted octanol–water partition coefficient (Wildman–Crippen LogP) is 1.18. The van der Waals surface area contributed by atoms with Gasteiger partial charge in [0, 0.05) is 20.6 Å². The summed E-state index contributed by atoms with van der Waals surface area (Å²) in [6.45, 7) is 4.55. The standard InChI is InChI=1S/C11H20N4O2S/c1-5-9(2)8-15(4)18(16,17)10-6-13-11(12-3)14-7-10/h6-7,9H,5,8H2,1-4H3,(H,12,13,14). The molecule has 0 aliphatic carbocycles. The van der Waals surface area contributed by atoms with E-state index >= 15 is 0 Å². The molecule has 1 unspecified atom stereocenters. The quantitative estimate of drug-likeness (QED) is 0.841. The maximum atomic E-state index is 12.2. The van der Waals surface area contributed by atoms with Crippen LogP contribution < -0.4 is 5.32 Å². The summed E-state index contributed by atoms with van der Waals surface area (Å²) in [5.74, 6) is 0.723. The lowest BCUT2D eigenvalue weighted by Crippen LogP contribution is -2.31. The van der Waals surface area contributed by atoms with Crippen molar-refractivity contribution >= 4 is 16.0 Å². The first-order chi connectivity index (χ1) is 8.41. The maximum absolute atomic E-state index is 12.2. The van der Waals surface area contributed by atoms with Crippen LogP contribution in [0.1, 0.15) is 20.3 Å². The molecule has 0 saturated carbocycles. The first-order valence-electron chi connectivity index (χ1n) is 5.88. The van der Waals surface area contributed by atoms with Crippen molar-refractivity contribution in [3.63, 3.8) is 0 Å². The third kappa shape index (κ3) is 3.39. The van der Waals surface area contributed by atoms with E-state index in [2.05, 4.69) is 15.3 Å². The second-order valence-corrected chi connectivity index (χ2v) is 6.34. The highest BCUT2D eigenvalue weighted by atomic mass is 32.2. The van der Waals surface area contributed by atoms with Gasteiger partial charge < -0.3 is 5.32 Å². The highest BCUT2D eigenvalue weighted by Crippen LogP contribution is 2.15. The third-order valence-corrected chi connectivity index (χ3v) is 4.60. The van der Waals surface area contributed by atoms with E-state index in [1.54, 1.807) is 14.1 Å². The van der Waals surface area contributed by atoms with Crippen LogP contribution in [0.5, 0.6) is 0 Å². The molecular weight excluding hydrogens is 252 g/mol. The zero-order chi connectivity index (χ0) is 13.8. The molecule has 0 spiro atoms. The fourth-order valence-corrected chi connectivity index (χ4v) is 2.61. The summed E-state index contributed by atoms with van der Waals surface area (Å²) in [6.07, 6.45) is 3.58. The van der Waals surface area contributed by atoms with Gasteiger partial charge in [-0.15, -0.1) is 0 Å². The lowest BCUT2D eigenvalue weighted by atomic mass is 10.1. The lowest BCUT2D eigenvalue weighted by Gasteiger charge is -2.20. The second-order valence-electron chi connectivity index (χ2n) is 4.29. The van der Waals surface area contributed by atoms with E-state index in [4.69, 9.17) is 0 Å². The summed E-state index contributed by atoms with van der Waals surface area (Å²) in [6, 6.07) is 0. The van der Waals surface area contributed by atoms with Crippen molar-refractivity contribution in [2.24, 2.45) is 5.92 Å². The Balaban J connectivity index is 2.90. The van der Waals surface area contributed by atoms with Crippen LogP contribution in [0.3, 0.4) is 0 Å². The molecule has 0 aromatic carbocycles. The van der Waals surface area contributed by atoms with Gasteiger partial charge in [0.1, 0.15) is 4.90 Å². The van der Waals surface area contributed by atoms with Gasteiger partial charge in [-0.05, 0) is 5.92 Å². The molecule has 0 radical (unpaired) electrons. The Bertz CT molecular complexity index is 472. The molecule has 0 bridgehead atoms. The SMILES string of the molecule is CCC(C)CN(C)S(=O)(=O)c1cnc(NC)nc1. The molecule has 1 aromatic heterocycles. The van der Waals surface area contributed by atoms with Crippen LogP contribution in [0, 0.1) is 5.92 Å². The minimum Gasteiger partial charge on any atom is -0.357 e. The molecule has 6 nitrogen and oxygen atoms in total. The Morgan fingerprint density at radius 3 is 2.39 bits per heavy atom. The fourth-order valence-electron chi connectivity index (χ4n) is 1.42. The molecule has 1 N–H and O–H groups in total. The first-order valence-corrected chi connectivity index (χ1v) is 7.32. The van der Waals surface area contributed by atoms with Gasteiger partial charge in [-0.2, -0.15) is 0 Å². The van der Waals surface area contributed by atoms with Crippen LogP contribution in [0.4, 0.5) is 5.95 Å². The molecule has 0 amide bonds. The van der Waals surface area contributed by atoms with Gasteiger partial charge in [-0.1, -0.05) is 20.3 Å². The van der Waals surface area contributed by atoms with Crippen molar-refractivity contribution in [1.29, 1.82) is 0 Å². The van der Waals surface area contributed by atoms with E-state index in [1.807, 2.05) is 13.8 Å². The smallest absolute Gasteiger partial charge is 0.245 e. The molecule has 0 aliphatic heterocycles. The molecule has 1 atom stereocenters. The minimum atomic E-state index is -3.49. The van der Waals surface area contributed by atoms with E-state index in [0.717, 1.165) is 6.42 Å². The summed E-state index contributed by atoms with van der Waals surface area (Å²) in [4.78, 5) is 7.95. The molecule has 7 heteroatoms. The van der Waals surface area contributed by atoms with Gasteiger partial charge in [0.15, 0.2) is 0 Å².